The van der Waals surface area contributed by atoms with Crippen LogP contribution in [0.1, 0.15) is 0 Å². The molecule has 0 aliphatic heterocycles. The van der Waals surface area contributed by atoms with E-state index < -0.39 is 17.5 Å². The molecule has 3 nitrogen and oxygen atoms in total. The number of halogens is 4. The van der Waals surface area contributed by atoms with Crippen molar-refractivity contribution in [3.8, 4) is 11.3 Å². The van der Waals surface area contributed by atoms with Gasteiger partial charge in [0.2, 0.25) is 0 Å². The van der Waals surface area contributed by atoms with Gasteiger partial charge in [-0.15, -0.1) is 0 Å². The number of benzene rings is 1. The maximum Gasteiger partial charge on any atom is 0.194 e. The second kappa shape index (κ2) is 3.82. The first-order valence-electron chi connectivity index (χ1n) is 4.06. The van der Waals surface area contributed by atoms with Gasteiger partial charge in [0.05, 0.1) is 0 Å². The number of nitrogen functional groups attached to an aromatic ring is 1. The number of rotatable bonds is 1. The number of anilines is 1. The van der Waals surface area contributed by atoms with Gasteiger partial charge in [0.25, 0.3) is 0 Å². The number of nitrogens with zero attached hydrogens (tertiary/aromatic N) is 1. The van der Waals surface area contributed by atoms with Crippen molar-refractivity contribution in [3.63, 3.8) is 0 Å². The third-order valence-corrected chi connectivity index (χ3v) is 2.67. The zero-order valence-corrected chi connectivity index (χ0v) is 9.19. The fourth-order valence-electron chi connectivity index (χ4n) is 1.16. The minimum atomic E-state index is -1.53. The molecule has 0 saturated heterocycles. The molecule has 0 aliphatic carbocycles. The van der Waals surface area contributed by atoms with Crippen LogP contribution in [0.3, 0.4) is 0 Å². The Morgan fingerprint density at radius 3 is 2.19 bits per heavy atom. The summed E-state index contributed by atoms with van der Waals surface area (Å²) in [5.41, 5.74) is 5.38. The lowest BCUT2D eigenvalue weighted by Gasteiger charge is -1.99. The van der Waals surface area contributed by atoms with Gasteiger partial charge in [0, 0.05) is 5.56 Å². The normalized spacial score (nSPS) is 10.8. The first-order chi connectivity index (χ1) is 7.50. The Morgan fingerprint density at radius 1 is 1.19 bits per heavy atom. The number of hydrogen-bond donors (Lipinski definition) is 1. The lowest BCUT2D eigenvalue weighted by atomic mass is 10.1. The van der Waals surface area contributed by atoms with Crippen LogP contribution < -0.4 is 5.73 Å². The van der Waals surface area contributed by atoms with Crippen molar-refractivity contribution in [1.29, 1.82) is 0 Å². The molecular formula is C9H4BrF3N2O. The Labute approximate surface area is 96.2 Å². The summed E-state index contributed by atoms with van der Waals surface area (Å²) in [5.74, 6) is -4.07. The van der Waals surface area contributed by atoms with Gasteiger partial charge in [-0.3, -0.25) is 0 Å². The van der Waals surface area contributed by atoms with E-state index in [0.717, 1.165) is 12.1 Å². The van der Waals surface area contributed by atoms with Gasteiger partial charge in [-0.25, -0.2) is 13.2 Å². The van der Waals surface area contributed by atoms with Crippen LogP contribution in [0.25, 0.3) is 11.3 Å². The molecule has 2 rings (SSSR count). The Balaban J connectivity index is 2.61. The smallest absolute Gasteiger partial charge is 0.194 e. The molecule has 1 aromatic heterocycles. The van der Waals surface area contributed by atoms with E-state index in [1.54, 1.807) is 0 Å². The Morgan fingerprint density at radius 2 is 1.75 bits per heavy atom. The quantitative estimate of drug-likeness (QED) is 0.822. The zero-order chi connectivity index (χ0) is 11.9. The first kappa shape index (κ1) is 11.0. The fourth-order valence-corrected chi connectivity index (χ4v) is 1.53. The molecule has 16 heavy (non-hydrogen) atoms. The summed E-state index contributed by atoms with van der Waals surface area (Å²) in [7, 11) is 0. The lowest BCUT2D eigenvalue weighted by Crippen LogP contribution is -1.91. The lowest BCUT2D eigenvalue weighted by molar-refractivity contribution is 0.429. The highest BCUT2D eigenvalue weighted by atomic mass is 79.9. The van der Waals surface area contributed by atoms with E-state index in [1.165, 1.54) is 0 Å². The van der Waals surface area contributed by atoms with Crippen molar-refractivity contribution in [1.82, 2.24) is 5.16 Å². The van der Waals surface area contributed by atoms with Crippen LogP contribution in [0.2, 0.25) is 0 Å². The molecule has 0 radical (unpaired) electrons. The van der Waals surface area contributed by atoms with Crippen LogP contribution in [-0.2, 0) is 0 Å². The largest absolute Gasteiger partial charge is 0.380 e. The number of nitrogens with two attached hydrogens (primary N) is 1. The van der Waals surface area contributed by atoms with Crippen molar-refractivity contribution in [2.24, 2.45) is 0 Å². The van der Waals surface area contributed by atoms with E-state index in [9.17, 15) is 13.2 Å². The SMILES string of the molecule is Nc1noc(-c2cc(F)c(F)c(F)c2)c1Br. The first-order valence-corrected chi connectivity index (χ1v) is 4.85. The molecule has 84 valence electrons. The molecule has 0 spiro atoms. The zero-order valence-electron chi connectivity index (χ0n) is 7.60. The monoisotopic (exact) mass is 292 g/mol. The third-order valence-electron chi connectivity index (χ3n) is 1.91. The Bertz CT molecular complexity index is 533. The average Bonchev–Trinajstić information content (AvgIpc) is 2.56. The summed E-state index contributed by atoms with van der Waals surface area (Å²) in [5, 5.41) is 3.39. The maximum absolute atomic E-state index is 12.9. The van der Waals surface area contributed by atoms with E-state index in [0.29, 0.717) is 0 Å². The summed E-state index contributed by atoms with van der Waals surface area (Å²) in [6, 6.07) is 1.59. The van der Waals surface area contributed by atoms with Crippen molar-refractivity contribution in [2.45, 2.75) is 0 Å². The molecule has 2 aromatic rings. The van der Waals surface area contributed by atoms with Crippen LogP contribution in [0.15, 0.2) is 21.1 Å². The van der Waals surface area contributed by atoms with Crippen molar-refractivity contribution < 1.29 is 17.7 Å². The second-order valence-electron chi connectivity index (χ2n) is 2.96. The summed E-state index contributed by atoms with van der Waals surface area (Å²) in [6.07, 6.45) is 0. The molecule has 1 aromatic carbocycles. The average molecular weight is 293 g/mol. The molecule has 0 saturated carbocycles. The summed E-state index contributed by atoms with van der Waals surface area (Å²) in [4.78, 5) is 0. The van der Waals surface area contributed by atoms with E-state index in [2.05, 4.69) is 21.1 Å². The molecular weight excluding hydrogens is 289 g/mol. The van der Waals surface area contributed by atoms with Crippen LogP contribution in [0, 0.1) is 17.5 Å². The van der Waals surface area contributed by atoms with E-state index in [4.69, 9.17) is 10.3 Å². The molecule has 0 atom stereocenters. The molecule has 0 amide bonds. The van der Waals surface area contributed by atoms with Crippen LogP contribution in [0.5, 0.6) is 0 Å². The van der Waals surface area contributed by atoms with E-state index in [1.807, 2.05) is 0 Å². The minimum absolute atomic E-state index is 0.00692. The van der Waals surface area contributed by atoms with Gasteiger partial charge in [0.15, 0.2) is 29.0 Å². The van der Waals surface area contributed by atoms with Crippen LogP contribution >= 0.6 is 15.9 Å². The van der Waals surface area contributed by atoms with Gasteiger partial charge in [-0.1, -0.05) is 5.16 Å². The highest BCUT2D eigenvalue weighted by Crippen LogP contribution is 2.33. The Kier molecular flexibility index (Phi) is 2.63. The highest BCUT2D eigenvalue weighted by Gasteiger charge is 2.18. The standard InChI is InChI=1S/C9H4BrF3N2O/c10-6-8(16-15-9(6)14)3-1-4(11)7(13)5(12)2-3/h1-2H,(H2,14,15). The van der Waals surface area contributed by atoms with E-state index >= 15 is 0 Å². The molecule has 2 N–H and O–H groups in total. The fraction of sp³-hybridized carbons (Fsp3) is 0. The number of hydrogen-bond acceptors (Lipinski definition) is 3. The minimum Gasteiger partial charge on any atom is -0.380 e. The third kappa shape index (κ3) is 1.67. The van der Waals surface area contributed by atoms with Gasteiger partial charge < -0.3 is 10.3 Å². The summed E-state index contributed by atoms with van der Waals surface area (Å²) >= 11 is 3.03. The predicted molar refractivity (Wildman–Crippen MR) is 53.9 cm³/mol. The Hall–Kier alpha value is -1.50. The maximum atomic E-state index is 12.9. The van der Waals surface area contributed by atoms with Crippen molar-refractivity contribution in [3.05, 3.63) is 34.1 Å². The topological polar surface area (TPSA) is 52.0 Å². The molecule has 1 heterocycles. The molecule has 0 fully saturated rings. The van der Waals surface area contributed by atoms with Gasteiger partial charge in [-0.2, -0.15) is 0 Å². The summed E-state index contributed by atoms with van der Waals surface area (Å²) in [6.45, 7) is 0. The summed E-state index contributed by atoms with van der Waals surface area (Å²) < 4.78 is 43.6. The predicted octanol–water partition coefficient (Wildman–Crippen LogP) is 3.10. The van der Waals surface area contributed by atoms with Crippen molar-refractivity contribution in [2.75, 3.05) is 5.73 Å². The van der Waals surface area contributed by atoms with Gasteiger partial charge >= 0.3 is 0 Å². The molecule has 0 bridgehead atoms. The van der Waals surface area contributed by atoms with Crippen LogP contribution in [-0.4, -0.2) is 5.16 Å². The van der Waals surface area contributed by atoms with Crippen LogP contribution in [0.4, 0.5) is 19.0 Å². The molecule has 0 aliphatic rings. The second-order valence-corrected chi connectivity index (χ2v) is 3.76. The molecule has 7 heteroatoms. The number of aromatic nitrogens is 1. The van der Waals surface area contributed by atoms with Gasteiger partial charge in [0.1, 0.15) is 4.47 Å². The molecule has 0 unspecified atom stereocenters. The van der Waals surface area contributed by atoms with Gasteiger partial charge in [-0.05, 0) is 28.1 Å². The van der Waals surface area contributed by atoms with E-state index in [-0.39, 0.29) is 21.6 Å². The highest BCUT2D eigenvalue weighted by molar-refractivity contribution is 9.10. The van der Waals surface area contributed by atoms with Crippen molar-refractivity contribution >= 4 is 21.7 Å².